The molecule has 2 aliphatic heterocycles. The van der Waals surface area contributed by atoms with E-state index in [1.165, 1.54) is 51.7 Å². The summed E-state index contributed by atoms with van der Waals surface area (Å²) in [5.41, 5.74) is 0.591. The van der Waals surface area contributed by atoms with Crippen molar-refractivity contribution in [3.8, 4) is 0 Å². The first kappa shape index (κ1) is 7.34. The maximum absolute atomic E-state index is 3.73. The zero-order chi connectivity index (χ0) is 8.02. The first-order valence-corrected chi connectivity index (χ1v) is 5.37. The Hall–Kier alpha value is -0.0800. The largest absolute Gasteiger partial charge is 0.308 e. The van der Waals surface area contributed by atoms with Crippen LogP contribution in [0, 0.1) is 0 Å². The van der Waals surface area contributed by atoms with Gasteiger partial charge in [0, 0.05) is 24.7 Å². The van der Waals surface area contributed by atoms with Crippen LogP contribution in [0.1, 0.15) is 32.1 Å². The Morgan fingerprint density at radius 2 is 2.17 bits per heavy atom. The molecule has 1 saturated carbocycles. The summed E-state index contributed by atoms with van der Waals surface area (Å²) in [6.07, 6.45) is 7.18. The number of rotatable bonds is 0. The summed E-state index contributed by atoms with van der Waals surface area (Å²) in [5.74, 6) is 0. The third-order valence-corrected chi connectivity index (χ3v) is 3.82. The molecule has 2 heteroatoms. The molecular weight excluding hydrogens is 148 g/mol. The fraction of sp³-hybridized carbons (Fsp3) is 1.00. The molecule has 1 N–H and O–H groups in total. The highest BCUT2D eigenvalue weighted by atomic mass is 15.3. The molecule has 2 heterocycles. The Morgan fingerprint density at radius 3 is 3.00 bits per heavy atom. The van der Waals surface area contributed by atoms with Crippen LogP contribution in [-0.4, -0.2) is 36.1 Å². The molecule has 12 heavy (non-hydrogen) atoms. The van der Waals surface area contributed by atoms with E-state index in [1.54, 1.807) is 0 Å². The lowest BCUT2D eigenvalue weighted by atomic mass is 9.97. The van der Waals surface area contributed by atoms with Crippen molar-refractivity contribution in [3.05, 3.63) is 0 Å². The molecule has 0 aromatic carbocycles. The van der Waals surface area contributed by atoms with Crippen LogP contribution in [0.3, 0.4) is 0 Å². The van der Waals surface area contributed by atoms with Crippen LogP contribution >= 0.6 is 0 Å². The predicted molar refractivity (Wildman–Crippen MR) is 49.2 cm³/mol. The van der Waals surface area contributed by atoms with Crippen LogP contribution in [0.5, 0.6) is 0 Å². The summed E-state index contributed by atoms with van der Waals surface area (Å²) in [6.45, 7) is 3.98. The number of nitrogens with one attached hydrogen (secondary N) is 1. The number of nitrogens with zero attached hydrogens (tertiary/aromatic N) is 1. The Kier molecular flexibility index (Phi) is 1.50. The summed E-state index contributed by atoms with van der Waals surface area (Å²) in [6, 6.07) is 0.880. The van der Waals surface area contributed by atoms with Gasteiger partial charge in [0.15, 0.2) is 0 Å². The van der Waals surface area contributed by atoms with E-state index >= 15 is 0 Å². The number of hydrogen-bond donors (Lipinski definition) is 1. The van der Waals surface area contributed by atoms with Crippen LogP contribution in [0.25, 0.3) is 0 Å². The summed E-state index contributed by atoms with van der Waals surface area (Å²) in [4.78, 5) is 2.73. The minimum absolute atomic E-state index is 0.591. The van der Waals surface area contributed by atoms with Crippen LogP contribution in [0.15, 0.2) is 0 Å². The Morgan fingerprint density at radius 1 is 1.25 bits per heavy atom. The highest BCUT2D eigenvalue weighted by Crippen LogP contribution is 2.39. The number of hydrogen-bond acceptors (Lipinski definition) is 2. The van der Waals surface area contributed by atoms with Gasteiger partial charge in [0.2, 0.25) is 0 Å². The van der Waals surface area contributed by atoms with Gasteiger partial charge in [-0.3, -0.25) is 4.90 Å². The van der Waals surface area contributed by atoms with Gasteiger partial charge in [-0.2, -0.15) is 0 Å². The Balaban J connectivity index is 1.70. The van der Waals surface area contributed by atoms with Crippen LogP contribution in [0.2, 0.25) is 0 Å². The molecule has 0 radical (unpaired) electrons. The number of fused-ring (bicyclic) bond motifs is 1. The second kappa shape index (κ2) is 2.46. The molecule has 3 rings (SSSR count). The van der Waals surface area contributed by atoms with Gasteiger partial charge in [-0.05, 0) is 32.2 Å². The van der Waals surface area contributed by atoms with Crippen molar-refractivity contribution in [2.45, 2.75) is 43.7 Å². The quantitative estimate of drug-likeness (QED) is 0.577. The SMILES string of the molecule is C1CCN2CC3(CC3)NCC2C1. The number of piperazine rings is 1. The highest BCUT2D eigenvalue weighted by molar-refractivity contribution is 5.08. The van der Waals surface area contributed by atoms with Crippen molar-refractivity contribution < 1.29 is 0 Å². The van der Waals surface area contributed by atoms with Gasteiger partial charge in [-0.25, -0.2) is 0 Å². The van der Waals surface area contributed by atoms with Gasteiger partial charge in [-0.15, -0.1) is 0 Å². The first-order valence-electron chi connectivity index (χ1n) is 5.37. The van der Waals surface area contributed by atoms with Crippen LogP contribution in [-0.2, 0) is 0 Å². The Bertz CT molecular complexity index is 186. The van der Waals surface area contributed by atoms with Gasteiger partial charge in [0.1, 0.15) is 0 Å². The van der Waals surface area contributed by atoms with Crippen molar-refractivity contribution >= 4 is 0 Å². The van der Waals surface area contributed by atoms with E-state index in [9.17, 15) is 0 Å². The first-order chi connectivity index (χ1) is 5.88. The van der Waals surface area contributed by atoms with E-state index in [0.29, 0.717) is 5.54 Å². The average molecular weight is 166 g/mol. The molecule has 0 amide bonds. The second-order valence-corrected chi connectivity index (χ2v) is 4.78. The minimum atomic E-state index is 0.591. The zero-order valence-corrected chi connectivity index (χ0v) is 7.68. The van der Waals surface area contributed by atoms with E-state index < -0.39 is 0 Å². The molecule has 2 nitrogen and oxygen atoms in total. The summed E-state index contributed by atoms with van der Waals surface area (Å²) >= 11 is 0. The van der Waals surface area contributed by atoms with Crippen molar-refractivity contribution in [1.82, 2.24) is 10.2 Å². The molecular formula is C10H18N2. The van der Waals surface area contributed by atoms with Gasteiger partial charge in [0.05, 0.1) is 0 Å². The van der Waals surface area contributed by atoms with E-state index in [4.69, 9.17) is 0 Å². The van der Waals surface area contributed by atoms with Crippen molar-refractivity contribution in [2.24, 2.45) is 0 Å². The Labute approximate surface area is 74.3 Å². The van der Waals surface area contributed by atoms with Crippen molar-refractivity contribution in [1.29, 1.82) is 0 Å². The molecule has 1 aliphatic carbocycles. The maximum Gasteiger partial charge on any atom is 0.0310 e. The summed E-state index contributed by atoms with van der Waals surface area (Å²) < 4.78 is 0. The van der Waals surface area contributed by atoms with Gasteiger partial charge >= 0.3 is 0 Å². The maximum atomic E-state index is 3.73. The topological polar surface area (TPSA) is 15.3 Å². The van der Waals surface area contributed by atoms with Crippen molar-refractivity contribution in [2.75, 3.05) is 19.6 Å². The molecule has 2 saturated heterocycles. The number of piperidine rings is 1. The molecule has 68 valence electrons. The smallest absolute Gasteiger partial charge is 0.0310 e. The van der Waals surface area contributed by atoms with E-state index in [2.05, 4.69) is 10.2 Å². The predicted octanol–water partition coefficient (Wildman–Crippen LogP) is 0.977. The second-order valence-electron chi connectivity index (χ2n) is 4.78. The zero-order valence-electron chi connectivity index (χ0n) is 7.68. The fourth-order valence-corrected chi connectivity index (χ4v) is 2.76. The highest BCUT2D eigenvalue weighted by Gasteiger charge is 2.47. The summed E-state index contributed by atoms with van der Waals surface area (Å²) in [7, 11) is 0. The lowest BCUT2D eigenvalue weighted by molar-refractivity contribution is 0.0880. The lowest BCUT2D eigenvalue weighted by Crippen LogP contribution is -2.59. The monoisotopic (exact) mass is 166 g/mol. The molecule has 0 bridgehead atoms. The molecule has 0 aromatic heterocycles. The molecule has 1 unspecified atom stereocenters. The molecule has 3 aliphatic rings. The fourth-order valence-electron chi connectivity index (χ4n) is 2.76. The van der Waals surface area contributed by atoms with Crippen LogP contribution < -0.4 is 5.32 Å². The molecule has 3 fully saturated rings. The van der Waals surface area contributed by atoms with Crippen molar-refractivity contribution in [3.63, 3.8) is 0 Å². The molecule has 0 aromatic rings. The standard InChI is InChI=1S/C10H18N2/c1-2-6-12-8-10(4-5-10)11-7-9(12)3-1/h9,11H,1-8H2. The molecule has 1 spiro atoms. The lowest BCUT2D eigenvalue weighted by Gasteiger charge is -2.43. The van der Waals surface area contributed by atoms with Gasteiger partial charge < -0.3 is 5.32 Å². The van der Waals surface area contributed by atoms with Gasteiger partial charge in [0.25, 0.3) is 0 Å². The van der Waals surface area contributed by atoms with E-state index in [-0.39, 0.29) is 0 Å². The normalized spacial score (nSPS) is 39.5. The summed E-state index contributed by atoms with van der Waals surface area (Å²) in [5, 5.41) is 3.73. The van der Waals surface area contributed by atoms with Gasteiger partial charge in [-0.1, -0.05) is 6.42 Å². The van der Waals surface area contributed by atoms with E-state index in [1.807, 2.05) is 0 Å². The van der Waals surface area contributed by atoms with Crippen LogP contribution in [0.4, 0.5) is 0 Å². The van der Waals surface area contributed by atoms with E-state index in [0.717, 1.165) is 6.04 Å². The third-order valence-electron chi connectivity index (χ3n) is 3.82. The average Bonchev–Trinajstić information content (AvgIpc) is 2.85. The molecule has 1 atom stereocenters. The minimum Gasteiger partial charge on any atom is -0.308 e. The third kappa shape index (κ3) is 1.09.